The van der Waals surface area contributed by atoms with Crippen LogP contribution in [0.2, 0.25) is 0 Å². The smallest absolute Gasteiger partial charge is 0.249 e. The number of phenols is 1. The van der Waals surface area contributed by atoms with Crippen molar-refractivity contribution in [3.05, 3.63) is 71.3 Å². The average Bonchev–Trinajstić information content (AvgIpc) is 2.66. The lowest BCUT2D eigenvalue weighted by Gasteiger charge is -2.08. The number of benzene rings is 3. The predicted molar refractivity (Wildman–Crippen MR) is 111 cm³/mol. The number of hydrogen-bond donors (Lipinski definition) is 3. The summed E-state index contributed by atoms with van der Waals surface area (Å²) in [6.45, 7) is 3.86. The second kappa shape index (κ2) is 8.35. The average molecular weight is 375 g/mol. The highest BCUT2D eigenvalue weighted by molar-refractivity contribution is 6.05. The van der Waals surface area contributed by atoms with E-state index in [1.54, 1.807) is 12.1 Å². The quantitative estimate of drug-likeness (QED) is 0.361. The van der Waals surface area contributed by atoms with Crippen molar-refractivity contribution in [2.24, 2.45) is 5.10 Å². The number of hydrazone groups is 1. The van der Waals surface area contributed by atoms with Crippen LogP contribution in [0.1, 0.15) is 23.1 Å². The molecule has 0 saturated heterocycles. The predicted octanol–water partition coefficient (Wildman–Crippen LogP) is 3.64. The number of hydrogen-bond acceptors (Lipinski definition) is 4. The number of amides is 2. The van der Waals surface area contributed by atoms with Gasteiger partial charge in [-0.2, -0.15) is 5.10 Å². The first-order valence-electron chi connectivity index (χ1n) is 8.84. The lowest BCUT2D eigenvalue weighted by atomic mass is 10.0. The van der Waals surface area contributed by atoms with E-state index in [1.165, 1.54) is 6.21 Å². The minimum absolute atomic E-state index is 0.0595. The van der Waals surface area contributed by atoms with Crippen molar-refractivity contribution < 1.29 is 14.7 Å². The third-order valence-corrected chi connectivity index (χ3v) is 4.31. The first-order chi connectivity index (χ1) is 13.4. The van der Waals surface area contributed by atoms with E-state index in [0.717, 1.165) is 21.9 Å². The SMILES string of the molecule is Cc1ccc(NC(=O)CC(=O)N/N=C/c2c(O)ccc3ccccc23)c(C)c1. The Hall–Kier alpha value is -3.67. The molecular formula is C22H21N3O3. The summed E-state index contributed by atoms with van der Waals surface area (Å²) in [7, 11) is 0. The maximum absolute atomic E-state index is 12.1. The van der Waals surface area contributed by atoms with Crippen molar-refractivity contribution in [1.29, 1.82) is 0 Å². The third-order valence-electron chi connectivity index (χ3n) is 4.31. The molecule has 6 nitrogen and oxygen atoms in total. The molecule has 0 spiro atoms. The molecule has 0 aliphatic heterocycles. The fourth-order valence-electron chi connectivity index (χ4n) is 2.92. The van der Waals surface area contributed by atoms with Crippen LogP contribution < -0.4 is 10.7 Å². The van der Waals surface area contributed by atoms with Gasteiger partial charge in [0.1, 0.15) is 12.2 Å². The fraction of sp³-hybridized carbons (Fsp3) is 0.136. The zero-order valence-electron chi connectivity index (χ0n) is 15.7. The van der Waals surface area contributed by atoms with Gasteiger partial charge in [-0.3, -0.25) is 9.59 Å². The van der Waals surface area contributed by atoms with Crippen LogP contribution in [0.3, 0.4) is 0 Å². The minimum Gasteiger partial charge on any atom is -0.507 e. The second-order valence-corrected chi connectivity index (χ2v) is 6.56. The van der Waals surface area contributed by atoms with E-state index in [2.05, 4.69) is 15.8 Å². The molecule has 0 aliphatic carbocycles. The molecule has 0 aromatic heterocycles. The highest BCUT2D eigenvalue weighted by Crippen LogP contribution is 2.25. The van der Waals surface area contributed by atoms with Gasteiger partial charge in [-0.05, 0) is 42.3 Å². The molecule has 0 radical (unpaired) electrons. The largest absolute Gasteiger partial charge is 0.507 e. The number of carbonyl (C=O) groups excluding carboxylic acids is 2. The normalized spacial score (nSPS) is 10.9. The van der Waals surface area contributed by atoms with Crippen molar-refractivity contribution in [1.82, 2.24) is 5.43 Å². The van der Waals surface area contributed by atoms with Crippen LogP contribution in [0.25, 0.3) is 10.8 Å². The fourth-order valence-corrected chi connectivity index (χ4v) is 2.92. The number of carbonyl (C=O) groups is 2. The summed E-state index contributed by atoms with van der Waals surface area (Å²) in [5.74, 6) is -0.907. The first-order valence-corrected chi connectivity index (χ1v) is 8.84. The summed E-state index contributed by atoms with van der Waals surface area (Å²) in [5.41, 5.74) is 5.52. The van der Waals surface area contributed by atoms with Crippen LogP contribution in [-0.2, 0) is 9.59 Å². The number of phenolic OH excluding ortho intramolecular Hbond substituents is 1. The van der Waals surface area contributed by atoms with Gasteiger partial charge in [0.15, 0.2) is 0 Å². The molecule has 0 atom stereocenters. The van der Waals surface area contributed by atoms with Gasteiger partial charge in [-0.25, -0.2) is 5.43 Å². The van der Waals surface area contributed by atoms with E-state index >= 15 is 0 Å². The summed E-state index contributed by atoms with van der Waals surface area (Å²) in [4.78, 5) is 24.0. The van der Waals surface area contributed by atoms with E-state index in [9.17, 15) is 14.7 Å². The minimum atomic E-state index is -0.543. The Balaban J connectivity index is 1.61. The maximum atomic E-state index is 12.1. The van der Waals surface area contributed by atoms with Gasteiger partial charge >= 0.3 is 0 Å². The van der Waals surface area contributed by atoms with Gasteiger partial charge in [0.05, 0.1) is 6.21 Å². The van der Waals surface area contributed by atoms with Crippen LogP contribution in [0, 0.1) is 13.8 Å². The van der Waals surface area contributed by atoms with E-state index in [-0.39, 0.29) is 12.2 Å². The van der Waals surface area contributed by atoms with E-state index in [4.69, 9.17) is 0 Å². The molecule has 2 amide bonds. The maximum Gasteiger partial charge on any atom is 0.249 e. The molecule has 3 N–H and O–H groups in total. The van der Waals surface area contributed by atoms with Crippen LogP contribution >= 0.6 is 0 Å². The number of fused-ring (bicyclic) bond motifs is 1. The highest BCUT2D eigenvalue weighted by atomic mass is 16.3. The molecule has 142 valence electrons. The molecule has 0 unspecified atom stereocenters. The molecule has 0 aliphatic rings. The standard InChI is InChI=1S/C22H21N3O3/c1-14-7-9-19(15(2)11-14)24-21(27)12-22(28)25-23-13-18-17-6-4-3-5-16(17)8-10-20(18)26/h3-11,13,26H,12H2,1-2H3,(H,24,27)(H,25,28)/b23-13+. The third kappa shape index (κ3) is 4.54. The van der Waals surface area contributed by atoms with Gasteiger partial charge in [-0.15, -0.1) is 0 Å². The van der Waals surface area contributed by atoms with Crippen LogP contribution in [0.5, 0.6) is 5.75 Å². The molecule has 3 rings (SSSR count). The molecular weight excluding hydrogens is 354 g/mol. The van der Waals surface area contributed by atoms with Gasteiger partial charge in [0.25, 0.3) is 0 Å². The van der Waals surface area contributed by atoms with Crippen molar-refractivity contribution in [2.75, 3.05) is 5.32 Å². The van der Waals surface area contributed by atoms with Gasteiger partial charge in [0, 0.05) is 11.3 Å². The van der Waals surface area contributed by atoms with Crippen molar-refractivity contribution in [3.63, 3.8) is 0 Å². The van der Waals surface area contributed by atoms with Crippen molar-refractivity contribution in [2.45, 2.75) is 20.3 Å². The molecule has 0 saturated carbocycles. The summed E-state index contributed by atoms with van der Waals surface area (Å²) in [5, 5.41) is 18.4. The monoisotopic (exact) mass is 375 g/mol. The number of nitrogens with one attached hydrogen (secondary N) is 2. The first kappa shape index (κ1) is 19.1. The Kier molecular flexibility index (Phi) is 5.69. The summed E-state index contributed by atoms with van der Waals surface area (Å²) in [6.07, 6.45) is 1.02. The Morgan fingerprint density at radius 1 is 1.04 bits per heavy atom. The molecule has 6 heteroatoms. The number of aromatic hydroxyl groups is 1. The van der Waals surface area contributed by atoms with E-state index in [1.807, 2.05) is 56.3 Å². The topological polar surface area (TPSA) is 90.8 Å². The van der Waals surface area contributed by atoms with Gasteiger partial charge in [-0.1, -0.05) is 48.0 Å². The summed E-state index contributed by atoms with van der Waals surface area (Å²) >= 11 is 0. The number of rotatable bonds is 5. The van der Waals surface area contributed by atoms with Crippen LogP contribution in [0.4, 0.5) is 5.69 Å². The Morgan fingerprint density at radius 2 is 1.82 bits per heavy atom. The zero-order valence-corrected chi connectivity index (χ0v) is 15.7. The van der Waals surface area contributed by atoms with Gasteiger partial charge in [0.2, 0.25) is 11.8 Å². The number of nitrogens with zero attached hydrogens (tertiary/aromatic N) is 1. The van der Waals surface area contributed by atoms with Crippen molar-refractivity contribution in [3.8, 4) is 5.75 Å². The molecule has 3 aromatic carbocycles. The molecule has 3 aromatic rings. The molecule has 28 heavy (non-hydrogen) atoms. The van der Waals surface area contributed by atoms with Gasteiger partial charge < -0.3 is 10.4 Å². The Labute approximate surface area is 162 Å². The molecule has 0 heterocycles. The lowest BCUT2D eigenvalue weighted by Crippen LogP contribution is -2.24. The lowest BCUT2D eigenvalue weighted by molar-refractivity contribution is -0.126. The Morgan fingerprint density at radius 3 is 2.61 bits per heavy atom. The Bertz CT molecular complexity index is 1070. The number of aryl methyl sites for hydroxylation is 2. The number of anilines is 1. The summed E-state index contributed by atoms with van der Waals surface area (Å²) < 4.78 is 0. The molecule has 0 bridgehead atoms. The van der Waals surface area contributed by atoms with Crippen LogP contribution in [0.15, 0.2) is 59.7 Å². The second-order valence-electron chi connectivity index (χ2n) is 6.56. The highest BCUT2D eigenvalue weighted by Gasteiger charge is 2.10. The zero-order chi connectivity index (χ0) is 20.1. The molecule has 0 fully saturated rings. The summed E-state index contributed by atoms with van der Waals surface area (Å²) in [6, 6.07) is 16.6. The van der Waals surface area contributed by atoms with E-state index < -0.39 is 11.8 Å². The van der Waals surface area contributed by atoms with E-state index in [0.29, 0.717) is 11.3 Å². The van der Waals surface area contributed by atoms with Crippen molar-refractivity contribution >= 4 is 34.5 Å². The van der Waals surface area contributed by atoms with Crippen LogP contribution in [-0.4, -0.2) is 23.1 Å².